The minimum absolute atomic E-state index is 0.0257. The second-order valence-corrected chi connectivity index (χ2v) is 8.81. The normalized spacial score (nSPS) is 10.7. The molecule has 2 N–H and O–H groups in total. The third-order valence-corrected chi connectivity index (χ3v) is 5.96. The predicted molar refractivity (Wildman–Crippen MR) is 118 cm³/mol. The van der Waals surface area contributed by atoms with Gasteiger partial charge in [-0.1, -0.05) is 0 Å². The van der Waals surface area contributed by atoms with Crippen LogP contribution in [0.2, 0.25) is 0 Å². The molecule has 0 bridgehead atoms. The number of thiophene rings is 1. The molecule has 0 spiro atoms. The zero-order valence-corrected chi connectivity index (χ0v) is 18.7. The first-order valence-electron chi connectivity index (χ1n) is 9.81. The number of hydrogen-bond acceptors (Lipinski definition) is 4. The molecule has 2 aromatic heterocycles. The van der Waals surface area contributed by atoms with Crippen molar-refractivity contribution in [2.45, 2.75) is 40.5 Å². The van der Waals surface area contributed by atoms with E-state index in [1.54, 1.807) is 36.5 Å². The van der Waals surface area contributed by atoms with Crippen LogP contribution in [-0.2, 0) is 4.79 Å². The number of ketones is 1. The molecule has 162 valence electrons. The second kappa shape index (κ2) is 9.26. The number of Topliss-reactive ketones (excluding diaryl/α,β-unsaturated/α-hetero) is 1. The summed E-state index contributed by atoms with van der Waals surface area (Å²) in [7, 11) is 0. The summed E-state index contributed by atoms with van der Waals surface area (Å²) >= 11 is 1.55. The van der Waals surface area contributed by atoms with Crippen molar-refractivity contribution >= 4 is 28.9 Å². The highest BCUT2D eigenvalue weighted by Gasteiger charge is 2.18. The van der Waals surface area contributed by atoms with Gasteiger partial charge in [-0.25, -0.2) is 4.39 Å². The molecular formula is C23H24FN3O3S. The third kappa shape index (κ3) is 5.08. The number of aromatic nitrogens is 1. The maximum absolute atomic E-state index is 13.2. The fourth-order valence-electron chi connectivity index (χ4n) is 3.51. The molecule has 2 heterocycles. The van der Waals surface area contributed by atoms with Gasteiger partial charge in [-0.3, -0.25) is 25.2 Å². The minimum atomic E-state index is -0.467. The van der Waals surface area contributed by atoms with Gasteiger partial charge < -0.3 is 4.57 Å². The van der Waals surface area contributed by atoms with Crippen LogP contribution in [0.4, 0.5) is 4.39 Å². The van der Waals surface area contributed by atoms with Gasteiger partial charge in [0.05, 0.1) is 5.56 Å². The van der Waals surface area contributed by atoms with Crippen molar-refractivity contribution in [1.82, 2.24) is 15.4 Å². The summed E-state index contributed by atoms with van der Waals surface area (Å²) in [6.45, 7) is 7.43. The average molecular weight is 442 g/mol. The molecule has 1 aromatic carbocycles. The molecule has 2 amide bonds. The minimum Gasteiger partial charge on any atom is -0.318 e. The Balaban J connectivity index is 1.59. The monoisotopic (exact) mass is 441 g/mol. The lowest BCUT2D eigenvalue weighted by Gasteiger charge is -2.10. The maximum Gasteiger partial charge on any atom is 0.271 e. The van der Waals surface area contributed by atoms with Gasteiger partial charge >= 0.3 is 0 Å². The Kier molecular flexibility index (Phi) is 6.70. The Hall–Kier alpha value is -3.26. The van der Waals surface area contributed by atoms with E-state index in [0.29, 0.717) is 16.8 Å². The Bertz CT molecular complexity index is 1150. The molecule has 31 heavy (non-hydrogen) atoms. The van der Waals surface area contributed by atoms with Crippen LogP contribution in [0.3, 0.4) is 0 Å². The number of amides is 2. The molecule has 0 aliphatic heterocycles. The van der Waals surface area contributed by atoms with E-state index in [1.165, 1.54) is 12.1 Å². The molecule has 3 aromatic rings. The zero-order valence-electron chi connectivity index (χ0n) is 17.8. The highest BCUT2D eigenvalue weighted by molar-refractivity contribution is 7.12. The highest BCUT2D eigenvalue weighted by Crippen LogP contribution is 2.23. The Morgan fingerprint density at radius 3 is 2.23 bits per heavy atom. The molecule has 8 heteroatoms. The summed E-state index contributed by atoms with van der Waals surface area (Å²) in [6.07, 6.45) is 0.0415. The average Bonchev–Trinajstić information content (AvgIpc) is 3.22. The van der Waals surface area contributed by atoms with Gasteiger partial charge in [0.1, 0.15) is 5.82 Å². The topological polar surface area (TPSA) is 80.2 Å². The van der Waals surface area contributed by atoms with Crippen molar-refractivity contribution in [2.75, 3.05) is 0 Å². The Morgan fingerprint density at radius 1 is 0.935 bits per heavy atom. The number of halogens is 1. The third-order valence-electron chi connectivity index (χ3n) is 5.00. The molecule has 6 nitrogen and oxygen atoms in total. The molecule has 0 atom stereocenters. The number of carbonyl (C=O) groups excluding carboxylic acids is 3. The van der Waals surface area contributed by atoms with E-state index in [2.05, 4.69) is 10.9 Å². The number of aryl methyl sites for hydroxylation is 3. The lowest BCUT2D eigenvalue weighted by atomic mass is 10.1. The molecule has 0 saturated carbocycles. The van der Waals surface area contributed by atoms with E-state index < -0.39 is 11.8 Å². The molecule has 0 saturated heterocycles. The van der Waals surface area contributed by atoms with E-state index in [0.717, 1.165) is 21.1 Å². The van der Waals surface area contributed by atoms with Crippen LogP contribution in [0.1, 0.15) is 54.7 Å². The second-order valence-electron chi connectivity index (χ2n) is 7.35. The van der Waals surface area contributed by atoms with E-state index in [9.17, 15) is 18.8 Å². The summed E-state index contributed by atoms with van der Waals surface area (Å²) in [5, 5.41) is 0. The van der Waals surface area contributed by atoms with Crippen molar-refractivity contribution in [3.63, 3.8) is 0 Å². The van der Waals surface area contributed by atoms with Crippen molar-refractivity contribution in [1.29, 1.82) is 0 Å². The first-order chi connectivity index (χ1) is 14.7. The summed E-state index contributed by atoms with van der Waals surface area (Å²) in [5.74, 6) is -1.34. The van der Waals surface area contributed by atoms with Gasteiger partial charge in [0.2, 0.25) is 5.91 Å². The summed E-state index contributed by atoms with van der Waals surface area (Å²) in [5.41, 5.74) is 7.99. The highest BCUT2D eigenvalue weighted by atomic mass is 32.1. The number of hydrazine groups is 1. The van der Waals surface area contributed by atoms with E-state index in [1.807, 2.05) is 31.4 Å². The maximum atomic E-state index is 13.2. The lowest BCUT2D eigenvalue weighted by molar-refractivity contribution is -0.121. The van der Waals surface area contributed by atoms with Gasteiger partial charge in [-0.05, 0) is 64.1 Å². The van der Waals surface area contributed by atoms with Crippen molar-refractivity contribution in [2.24, 2.45) is 0 Å². The number of hydrogen-bond donors (Lipinski definition) is 2. The van der Waals surface area contributed by atoms with Crippen LogP contribution < -0.4 is 10.9 Å². The number of benzene rings is 1. The standard InChI is InChI=1S/C23H24FN3O3S/c1-13-11-19(15(3)27(13)18-7-5-17(24)6-8-18)23(30)26-25-22(29)10-9-21(28)20-12-14(2)31-16(20)4/h5-8,11-12H,9-10H2,1-4H3,(H,25,29)(H,26,30). The first-order valence-corrected chi connectivity index (χ1v) is 10.6. The van der Waals surface area contributed by atoms with Gasteiger partial charge in [-0.2, -0.15) is 0 Å². The molecule has 0 unspecified atom stereocenters. The van der Waals surface area contributed by atoms with Crippen molar-refractivity contribution < 1.29 is 18.8 Å². The zero-order chi connectivity index (χ0) is 22.7. The molecule has 0 aliphatic rings. The van der Waals surface area contributed by atoms with Crippen LogP contribution >= 0.6 is 11.3 Å². The van der Waals surface area contributed by atoms with Gasteiger partial charge in [0, 0.05) is 45.2 Å². The van der Waals surface area contributed by atoms with E-state index >= 15 is 0 Å². The summed E-state index contributed by atoms with van der Waals surface area (Å²) < 4.78 is 15.0. The Labute approximate surface area is 184 Å². The van der Waals surface area contributed by atoms with Gasteiger partial charge in [0.25, 0.3) is 5.91 Å². The quantitative estimate of drug-likeness (QED) is 0.441. The predicted octanol–water partition coefficient (Wildman–Crippen LogP) is 4.34. The number of nitrogens with one attached hydrogen (secondary N) is 2. The van der Waals surface area contributed by atoms with Gasteiger partial charge in [0.15, 0.2) is 5.78 Å². The largest absolute Gasteiger partial charge is 0.318 e. The summed E-state index contributed by atoms with van der Waals surface area (Å²) in [6, 6.07) is 9.51. The van der Waals surface area contributed by atoms with Crippen LogP contribution in [0, 0.1) is 33.5 Å². The fourth-order valence-corrected chi connectivity index (χ4v) is 4.45. The van der Waals surface area contributed by atoms with Crippen molar-refractivity contribution in [3.8, 4) is 5.69 Å². The molecule has 0 fully saturated rings. The SMILES string of the molecule is Cc1cc(C(=O)CCC(=O)NNC(=O)c2cc(C)n(-c3ccc(F)cc3)c2C)c(C)s1. The number of rotatable bonds is 6. The van der Waals surface area contributed by atoms with Crippen molar-refractivity contribution in [3.05, 3.63) is 74.5 Å². The lowest BCUT2D eigenvalue weighted by Crippen LogP contribution is -2.41. The summed E-state index contributed by atoms with van der Waals surface area (Å²) in [4.78, 5) is 38.9. The first kappa shape index (κ1) is 22.4. The van der Waals surface area contributed by atoms with Crippen LogP contribution in [0.15, 0.2) is 36.4 Å². The van der Waals surface area contributed by atoms with Crippen LogP contribution in [0.5, 0.6) is 0 Å². The fraction of sp³-hybridized carbons (Fsp3) is 0.261. The van der Waals surface area contributed by atoms with E-state index in [-0.39, 0.29) is 24.4 Å². The molecular weight excluding hydrogens is 417 g/mol. The van der Waals surface area contributed by atoms with Crippen LogP contribution in [-0.4, -0.2) is 22.2 Å². The Morgan fingerprint density at radius 2 is 1.61 bits per heavy atom. The van der Waals surface area contributed by atoms with Gasteiger partial charge in [-0.15, -0.1) is 11.3 Å². The number of nitrogens with zero attached hydrogens (tertiary/aromatic N) is 1. The molecule has 3 rings (SSSR count). The smallest absolute Gasteiger partial charge is 0.271 e. The number of carbonyl (C=O) groups is 3. The van der Waals surface area contributed by atoms with Crippen LogP contribution in [0.25, 0.3) is 5.69 Å². The van der Waals surface area contributed by atoms with E-state index in [4.69, 9.17) is 0 Å². The molecule has 0 aliphatic carbocycles. The molecule has 0 radical (unpaired) electrons.